The lowest BCUT2D eigenvalue weighted by atomic mass is 9.67. The number of fused-ring (bicyclic) bond motifs is 3. The maximum atomic E-state index is 13.4. The van der Waals surface area contributed by atoms with E-state index in [-0.39, 0.29) is 23.6 Å². The number of halogens is 1. The minimum absolute atomic E-state index is 0.0111. The van der Waals surface area contributed by atoms with Crippen molar-refractivity contribution in [3.63, 3.8) is 0 Å². The number of benzene rings is 2. The van der Waals surface area contributed by atoms with Crippen LogP contribution >= 0.6 is 0 Å². The van der Waals surface area contributed by atoms with E-state index in [0.717, 1.165) is 0 Å². The average molecular weight is 388 g/mol. The van der Waals surface area contributed by atoms with Crippen molar-refractivity contribution in [2.45, 2.75) is 5.41 Å². The summed E-state index contributed by atoms with van der Waals surface area (Å²) in [6, 6.07) is 14.3. The molecule has 5 rings (SSSR count). The Bertz CT molecular complexity index is 1210. The predicted octanol–water partition coefficient (Wildman–Crippen LogP) is 2.04. The Morgan fingerprint density at radius 2 is 1.90 bits per heavy atom. The zero-order chi connectivity index (χ0) is 20.3. The molecule has 29 heavy (non-hydrogen) atoms. The third-order valence-electron chi connectivity index (χ3n) is 5.47. The molecule has 1 spiro atoms. The fourth-order valence-electron chi connectivity index (χ4n) is 4.30. The van der Waals surface area contributed by atoms with Crippen molar-refractivity contribution in [2.75, 3.05) is 16.8 Å². The van der Waals surface area contributed by atoms with Crippen LogP contribution in [0.25, 0.3) is 0 Å². The normalized spacial score (nSPS) is 22.4. The summed E-state index contributed by atoms with van der Waals surface area (Å²) in [6.45, 7) is -0.123. The topological polar surface area (TPSA) is 108 Å². The number of nitriles is 1. The van der Waals surface area contributed by atoms with Crippen molar-refractivity contribution in [1.82, 2.24) is 0 Å². The van der Waals surface area contributed by atoms with Gasteiger partial charge in [0.1, 0.15) is 29.7 Å². The number of nitrogens with one attached hydrogen (secondary N) is 1. The second kappa shape index (κ2) is 5.69. The Morgan fingerprint density at radius 1 is 1.17 bits per heavy atom. The number of hydrogen-bond acceptors (Lipinski definition) is 6. The molecule has 1 atom stereocenters. The maximum Gasteiger partial charge on any atom is 0.338 e. The molecule has 2 aromatic carbocycles. The first kappa shape index (κ1) is 17.0. The fourth-order valence-corrected chi connectivity index (χ4v) is 4.30. The molecule has 8 heteroatoms. The lowest BCUT2D eigenvalue weighted by Gasteiger charge is -2.38. The Morgan fingerprint density at radius 3 is 2.62 bits per heavy atom. The number of anilines is 2. The van der Waals surface area contributed by atoms with Crippen LogP contribution in [0.2, 0.25) is 0 Å². The highest BCUT2D eigenvalue weighted by Gasteiger charge is 2.61. The van der Waals surface area contributed by atoms with Crippen LogP contribution in [0.15, 0.2) is 71.2 Å². The summed E-state index contributed by atoms with van der Waals surface area (Å²) in [5.74, 6) is -1.69. The molecule has 3 aliphatic rings. The van der Waals surface area contributed by atoms with Gasteiger partial charge in [0.25, 0.3) is 0 Å². The molecule has 1 amide bonds. The van der Waals surface area contributed by atoms with E-state index < -0.39 is 23.1 Å². The van der Waals surface area contributed by atoms with Gasteiger partial charge in [0, 0.05) is 16.9 Å². The summed E-state index contributed by atoms with van der Waals surface area (Å²) in [4.78, 5) is 27.5. The molecule has 142 valence electrons. The second-order valence-electron chi connectivity index (χ2n) is 6.83. The SMILES string of the molecule is N#CC1=C(N)N(c2ccc(F)cc2)C2=C(C(=O)OC2)[C@]12C(=O)Nc1ccccc12. The maximum absolute atomic E-state index is 13.4. The van der Waals surface area contributed by atoms with Gasteiger partial charge >= 0.3 is 5.97 Å². The van der Waals surface area contributed by atoms with E-state index >= 15 is 0 Å². The summed E-state index contributed by atoms with van der Waals surface area (Å²) < 4.78 is 18.7. The van der Waals surface area contributed by atoms with Crippen molar-refractivity contribution >= 4 is 23.3 Å². The van der Waals surface area contributed by atoms with Gasteiger partial charge in [-0.2, -0.15) is 5.26 Å². The molecule has 0 fully saturated rings. The Labute approximate surface area is 164 Å². The minimum atomic E-state index is -1.69. The molecule has 0 saturated heterocycles. The zero-order valence-corrected chi connectivity index (χ0v) is 14.9. The standard InChI is InChI=1S/C21H13FN4O3/c22-11-5-7-12(8-6-11)26-16-10-29-19(27)17(16)21(14(9-23)18(26)24)13-3-1-2-4-15(13)25-20(21)28/h1-8H,10,24H2,(H,25,28)/t21-/m1/s1. The number of rotatable bonds is 1. The number of para-hydroxylation sites is 1. The number of nitrogens with two attached hydrogens (primary N) is 1. The quantitative estimate of drug-likeness (QED) is 0.724. The number of cyclic esters (lactones) is 1. The zero-order valence-electron chi connectivity index (χ0n) is 14.9. The molecule has 3 aliphatic heterocycles. The highest BCUT2D eigenvalue weighted by Crippen LogP contribution is 2.54. The lowest BCUT2D eigenvalue weighted by Crippen LogP contribution is -2.48. The van der Waals surface area contributed by atoms with Crippen LogP contribution in [0, 0.1) is 17.1 Å². The highest BCUT2D eigenvalue weighted by atomic mass is 19.1. The van der Waals surface area contributed by atoms with Crippen LogP contribution in [0.4, 0.5) is 15.8 Å². The van der Waals surface area contributed by atoms with Crippen LogP contribution in [-0.2, 0) is 19.7 Å². The number of esters is 1. The van der Waals surface area contributed by atoms with Gasteiger partial charge in [-0.1, -0.05) is 18.2 Å². The van der Waals surface area contributed by atoms with Crippen LogP contribution in [0.3, 0.4) is 0 Å². The molecule has 0 saturated carbocycles. The van der Waals surface area contributed by atoms with E-state index in [1.807, 2.05) is 6.07 Å². The summed E-state index contributed by atoms with van der Waals surface area (Å²) in [5, 5.41) is 12.8. The molecule has 2 aromatic rings. The molecule has 0 radical (unpaired) electrons. The smallest absolute Gasteiger partial charge is 0.338 e. The third-order valence-corrected chi connectivity index (χ3v) is 5.47. The molecular formula is C21H13FN4O3. The molecule has 0 aromatic heterocycles. The average Bonchev–Trinajstić information content (AvgIpc) is 3.22. The van der Waals surface area contributed by atoms with Gasteiger partial charge in [-0.3, -0.25) is 9.69 Å². The largest absolute Gasteiger partial charge is 0.456 e. The van der Waals surface area contributed by atoms with Gasteiger partial charge in [0.05, 0.1) is 16.8 Å². The first-order valence-corrected chi connectivity index (χ1v) is 8.78. The minimum Gasteiger partial charge on any atom is -0.456 e. The van der Waals surface area contributed by atoms with Gasteiger partial charge in [-0.05, 0) is 30.3 Å². The van der Waals surface area contributed by atoms with Crippen molar-refractivity contribution in [3.8, 4) is 6.07 Å². The molecule has 0 aliphatic carbocycles. The van der Waals surface area contributed by atoms with E-state index in [1.54, 1.807) is 24.3 Å². The number of carbonyl (C=O) groups excluding carboxylic acids is 2. The van der Waals surface area contributed by atoms with Crippen LogP contribution in [0.1, 0.15) is 5.56 Å². The fraction of sp³-hybridized carbons (Fsp3) is 0.0952. The molecular weight excluding hydrogens is 375 g/mol. The molecule has 0 unspecified atom stereocenters. The number of carbonyl (C=O) groups is 2. The van der Waals surface area contributed by atoms with Crippen molar-refractivity contribution in [3.05, 3.63) is 82.6 Å². The predicted molar refractivity (Wildman–Crippen MR) is 100 cm³/mol. The Hall–Kier alpha value is -4.12. The van der Waals surface area contributed by atoms with E-state index in [1.165, 1.54) is 29.2 Å². The van der Waals surface area contributed by atoms with Crippen LogP contribution < -0.4 is 16.0 Å². The number of nitrogens with zero attached hydrogens (tertiary/aromatic N) is 2. The number of amides is 1. The summed E-state index contributed by atoms with van der Waals surface area (Å²) >= 11 is 0. The second-order valence-corrected chi connectivity index (χ2v) is 6.83. The molecule has 0 bridgehead atoms. The van der Waals surface area contributed by atoms with Gasteiger partial charge in [0.15, 0.2) is 0 Å². The van der Waals surface area contributed by atoms with Gasteiger partial charge in [-0.25, -0.2) is 9.18 Å². The van der Waals surface area contributed by atoms with E-state index in [9.17, 15) is 19.2 Å². The number of ether oxygens (including phenoxy) is 1. The summed E-state index contributed by atoms with van der Waals surface area (Å²) in [7, 11) is 0. The third kappa shape index (κ3) is 1.99. The first-order valence-electron chi connectivity index (χ1n) is 8.78. The summed E-state index contributed by atoms with van der Waals surface area (Å²) in [6.07, 6.45) is 0. The van der Waals surface area contributed by atoms with E-state index in [0.29, 0.717) is 22.6 Å². The van der Waals surface area contributed by atoms with E-state index in [2.05, 4.69) is 5.32 Å². The highest BCUT2D eigenvalue weighted by molar-refractivity contribution is 6.18. The first-order chi connectivity index (χ1) is 14.0. The van der Waals surface area contributed by atoms with Crippen LogP contribution in [-0.4, -0.2) is 18.5 Å². The van der Waals surface area contributed by atoms with Gasteiger partial charge < -0.3 is 15.8 Å². The summed E-state index contributed by atoms with van der Waals surface area (Å²) in [5.41, 5.74) is 6.44. The van der Waals surface area contributed by atoms with Crippen molar-refractivity contribution in [2.24, 2.45) is 5.73 Å². The monoisotopic (exact) mass is 388 g/mol. The lowest BCUT2D eigenvalue weighted by molar-refractivity contribution is -0.137. The van der Waals surface area contributed by atoms with Gasteiger partial charge in [0.2, 0.25) is 5.91 Å². The Balaban J connectivity index is 1.86. The van der Waals surface area contributed by atoms with E-state index in [4.69, 9.17) is 10.5 Å². The van der Waals surface area contributed by atoms with Crippen LogP contribution in [0.5, 0.6) is 0 Å². The van der Waals surface area contributed by atoms with Crippen molar-refractivity contribution in [1.29, 1.82) is 5.26 Å². The Kier molecular flexibility index (Phi) is 3.34. The molecule has 3 heterocycles. The number of hydrogen-bond donors (Lipinski definition) is 2. The van der Waals surface area contributed by atoms with Gasteiger partial charge in [-0.15, -0.1) is 0 Å². The molecule has 3 N–H and O–H groups in total. The molecule has 7 nitrogen and oxygen atoms in total. The van der Waals surface area contributed by atoms with Crippen molar-refractivity contribution < 1.29 is 18.7 Å².